The van der Waals surface area contributed by atoms with Crippen molar-refractivity contribution in [2.45, 2.75) is 25.3 Å². The fraction of sp³-hybridized carbons (Fsp3) is 0.500. The summed E-state index contributed by atoms with van der Waals surface area (Å²) in [4.78, 5) is 39.7. The number of fused-ring (bicyclic) bond motifs is 1. The number of nitrogens with one attached hydrogen (secondary N) is 1. The molecule has 0 fully saturated rings. The van der Waals surface area contributed by atoms with Crippen LogP contribution >= 0.6 is 11.8 Å². The van der Waals surface area contributed by atoms with Crippen LogP contribution in [-0.4, -0.2) is 47.6 Å². The highest BCUT2D eigenvalue weighted by Gasteiger charge is 2.36. The van der Waals surface area contributed by atoms with Gasteiger partial charge in [-0.1, -0.05) is 11.8 Å². The number of aliphatic imine (C=N–C) groups is 1. The zero-order chi connectivity index (χ0) is 16.1. The van der Waals surface area contributed by atoms with Gasteiger partial charge in [-0.25, -0.2) is 4.99 Å². The quantitative estimate of drug-likeness (QED) is 0.576. The lowest BCUT2D eigenvalue weighted by atomic mass is 10.2. The number of carbonyl (C=O) groups excluding carboxylic acids is 3. The van der Waals surface area contributed by atoms with E-state index in [1.807, 2.05) is 0 Å². The summed E-state index contributed by atoms with van der Waals surface area (Å²) in [5, 5.41) is 8.71. The van der Waals surface area contributed by atoms with Crippen molar-refractivity contribution in [2.75, 3.05) is 13.2 Å². The fourth-order valence-corrected chi connectivity index (χ4v) is 2.54. The number of hydrogen-bond acceptors (Lipinski definition) is 9. The first-order chi connectivity index (χ1) is 10.6. The number of ether oxygens (including phenoxy) is 2. The molecule has 0 aromatic rings. The summed E-state index contributed by atoms with van der Waals surface area (Å²) in [6.45, 7) is 3.50. The van der Waals surface area contributed by atoms with E-state index in [1.54, 1.807) is 13.8 Å². The van der Waals surface area contributed by atoms with E-state index >= 15 is 0 Å². The molecular formula is C12H14N4O5S. The van der Waals surface area contributed by atoms with Crippen LogP contribution in [0.2, 0.25) is 0 Å². The molecule has 22 heavy (non-hydrogen) atoms. The highest BCUT2D eigenvalue weighted by molar-refractivity contribution is 8.15. The van der Waals surface area contributed by atoms with Gasteiger partial charge in [0, 0.05) is 0 Å². The third kappa shape index (κ3) is 3.50. The lowest BCUT2D eigenvalue weighted by Crippen LogP contribution is -2.41. The Morgan fingerprint density at radius 2 is 1.95 bits per heavy atom. The third-order valence-electron chi connectivity index (χ3n) is 2.60. The van der Waals surface area contributed by atoms with Gasteiger partial charge in [-0.3, -0.25) is 14.4 Å². The summed E-state index contributed by atoms with van der Waals surface area (Å²) in [6, 6.07) is 0. The first-order valence-electron chi connectivity index (χ1n) is 6.55. The zero-order valence-electron chi connectivity index (χ0n) is 11.9. The number of esters is 2. The Balaban J connectivity index is 2.14. The average molecular weight is 326 g/mol. The average Bonchev–Trinajstić information content (AvgIpc) is 2.94. The van der Waals surface area contributed by atoms with Crippen molar-refractivity contribution >= 4 is 34.8 Å². The summed E-state index contributed by atoms with van der Waals surface area (Å²) in [5.41, 5.74) is 0.313. The molecule has 0 aromatic heterocycles. The van der Waals surface area contributed by atoms with Gasteiger partial charge in [-0.05, 0) is 13.8 Å². The van der Waals surface area contributed by atoms with Gasteiger partial charge in [-0.2, -0.15) is 10.2 Å². The predicted molar refractivity (Wildman–Crippen MR) is 76.9 cm³/mol. The SMILES string of the molecule is CCOC(=O)C(SC1=NC2N=NC=C2C(=O)N1)C(=O)OCC. The second kappa shape index (κ2) is 7.16. The number of hydrogen-bond donors (Lipinski definition) is 1. The molecule has 2 aliphatic rings. The van der Waals surface area contributed by atoms with Crippen molar-refractivity contribution in [3.8, 4) is 0 Å². The van der Waals surface area contributed by atoms with Crippen LogP contribution < -0.4 is 5.32 Å². The first kappa shape index (κ1) is 16.1. The van der Waals surface area contributed by atoms with Crippen LogP contribution in [0.3, 0.4) is 0 Å². The summed E-state index contributed by atoms with van der Waals surface area (Å²) in [5.74, 6) is -1.92. The summed E-state index contributed by atoms with van der Waals surface area (Å²) >= 11 is 0.755. The highest BCUT2D eigenvalue weighted by Crippen LogP contribution is 2.24. The van der Waals surface area contributed by atoms with Crippen LogP contribution in [0, 0.1) is 0 Å². The predicted octanol–water partition coefficient (Wildman–Crippen LogP) is 0.376. The molecule has 118 valence electrons. The molecule has 2 heterocycles. The molecule has 0 spiro atoms. The van der Waals surface area contributed by atoms with Crippen molar-refractivity contribution in [1.29, 1.82) is 0 Å². The molecule has 1 N–H and O–H groups in total. The lowest BCUT2D eigenvalue weighted by molar-refractivity contribution is -0.152. The van der Waals surface area contributed by atoms with E-state index in [4.69, 9.17) is 9.47 Å². The first-order valence-corrected chi connectivity index (χ1v) is 7.43. The summed E-state index contributed by atoms with van der Waals surface area (Å²) in [7, 11) is 0. The standard InChI is InChI=1S/C12H14N4O5S/c1-3-20-10(18)7(11(19)21-4-2)22-12-14-8-6(5-13-16-8)9(17)15-12/h5,7-8H,3-4H2,1-2H3,(H,14,15,17). The van der Waals surface area contributed by atoms with Gasteiger partial charge in [0.2, 0.25) is 5.25 Å². The smallest absolute Gasteiger partial charge is 0.331 e. The topological polar surface area (TPSA) is 119 Å². The van der Waals surface area contributed by atoms with Crippen molar-refractivity contribution in [3.05, 3.63) is 11.8 Å². The Kier molecular flexibility index (Phi) is 5.26. The molecule has 0 bridgehead atoms. The number of thioether (sulfide) groups is 1. The summed E-state index contributed by atoms with van der Waals surface area (Å²) in [6.07, 6.45) is 0.584. The Hall–Kier alpha value is -2.23. The van der Waals surface area contributed by atoms with Crippen LogP contribution in [0.1, 0.15) is 13.8 Å². The number of rotatable bonds is 5. The lowest BCUT2D eigenvalue weighted by Gasteiger charge is -2.20. The molecule has 0 saturated carbocycles. The molecule has 0 radical (unpaired) electrons. The molecule has 1 atom stereocenters. The Labute approximate surface area is 130 Å². The molecule has 1 unspecified atom stereocenters. The zero-order valence-corrected chi connectivity index (χ0v) is 12.8. The number of amidine groups is 1. The van der Waals surface area contributed by atoms with Crippen LogP contribution in [-0.2, 0) is 23.9 Å². The van der Waals surface area contributed by atoms with E-state index in [2.05, 4.69) is 20.5 Å². The Morgan fingerprint density at radius 3 is 2.55 bits per heavy atom. The second-order valence-electron chi connectivity index (χ2n) is 4.08. The monoisotopic (exact) mass is 326 g/mol. The van der Waals surface area contributed by atoms with E-state index < -0.39 is 29.3 Å². The van der Waals surface area contributed by atoms with Crippen LogP contribution in [0.25, 0.3) is 0 Å². The number of carbonyl (C=O) groups is 3. The van der Waals surface area contributed by atoms with Crippen LogP contribution in [0.5, 0.6) is 0 Å². The molecule has 0 aliphatic carbocycles. The Bertz CT molecular complexity index is 568. The molecule has 10 heteroatoms. The van der Waals surface area contributed by atoms with E-state index in [0.717, 1.165) is 11.8 Å². The van der Waals surface area contributed by atoms with Gasteiger partial charge in [-0.15, -0.1) is 0 Å². The number of nitrogens with zero attached hydrogens (tertiary/aromatic N) is 3. The number of azo groups is 1. The molecule has 1 amide bonds. The molecular weight excluding hydrogens is 312 g/mol. The van der Waals surface area contributed by atoms with Gasteiger partial charge in [0.15, 0.2) is 11.3 Å². The fourth-order valence-electron chi connectivity index (χ4n) is 1.67. The van der Waals surface area contributed by atoms with Crippen LogP contribution in [0.4, 0.5) is 0 Å². The largest absolute Gasteiger partial charge is 0.465 e. The molecule has 0 saturated heterocycles. The molecule has 0 aromatic carbocycles. The maximum Gasteiger partial charge on any atom is 0.331 e. The van der Waals surface area contributed by atoms with E-state index in [9.17, 15) is 14.4 Å². The van der Waals surface area contributed by atoms with Gasteiger partial charge in [0.05, 0.1) is 25.0 Å². The van der Waals surface area contributed by atoms with E-state index in [-0.39, 0.29) is 18.4 Å². The second-order valence-corrected chi connectivity index (χ2v) is 5.17. The van der Waals surface area contributed by atoms with Crippen molar-refractivity contribution in [2.24, 2.45) is 15.2 Å². The normalized spacial score (nSPS) is 19.2. The van der Waals surface area contributed by atoms with E-state index in [0.29, 0.717) is 5.57 Å². The van der Waals surface area contributed by atoms with Gasteiger partial charge < -0.3 is 14.8 Å². The van der Waals surface area contributed by atoms with Gasteiger partial charge in [0.1, 0.15) is 0 Å². The minimum absolute atomic E-state index is 0.0964. The minimum atomic E-state index is -1.26. The van der Waals surface area contributed by atoms with Crippen molar-refractivity contribution < 1.29 is 23.9 Å². The molecule has 2 aliphatic heterocycles. The van der Waals surface area contributed by atoms with Crippen molar-refractivity contribution in [1.82, 2.24) is 5.32 Å². The van der Waals surface area contributed by atoms with Crippen molar-refractivity contribution in [3.63, 3.8) is 0 Å². The minimum Gasteiger partial charge on any atom is -0.465 e. The Morgan fingerprint density at radius 1 is 1.32 bits per heavy atom. The van der Waals surface area contributed by atoms with E-state index in [1.165, 1.54) is 6.20 Å². The molecule has 9 nitrogen and oxygen atoms in total. The van der Waals surface area contributed by atoms with Gasteiger partial charge >= 0.3 is 11.9 Å². The maximum absolute atomic E-state index is 11.9. The third-order valence-corrected chi connectivity index (χ3v) is 3.66. The summed E-state index contributed by atoms with van der Waals surface area (Å²) < 4.78 is 9.69. The number of amides is 1. The van der Waals surface area contributed by atoms with Gasteiger partial charge in [0.25, 0.3) is 5.91 Å². The molecule has 2 rings (SSSR count). The highest BCUT2D eigenvalue weighted by atomic mass is 32.2. The maximum atomic E-state index is 11.9. The van der Waals surface area contributed by atoms with Crippen LogP contribution in [0.15, 0.2) is 27.0 Å².